The molecule has 2 N–H and O–H groups in total. The van der Waals surface area contributed by atoms with Crippen LogP contribution in [0.5, 0.6) is 0 Å². The summed E-state index contributed by atoms with van der Waals surface area (Å²) in [6.45, 7) is 5.77. The van der Waals surface area contributed by atoms with Crippen LogP contribution in [0, 0.1) is 0 Å². The third kappa shape index (κ3) is 2.98. The lowest BCUT2D eigenvalue weighted by Crippen LogP contribution is -2.47. The highest BCUT2D eigenvalue weighted by atomic mass is 16.2. The summed E-state index contributed by atoms with van der Waals surface area (Å²) in [5, 5.41) is 0. The molecule has 112 valence electrons. The van der Waals surface area contributed by atoms with Gasteiger partial charge in [-0.3, -0.25) is 4.79 Å². The van der Waals surface area contributed by atoms with Gasteiger partial charge >= 0.3 is 0 Å². The van der Waals surface area contributed by atoms with Crippen molar-refractivity contribution in [3.8, 4) is 0 Å². The molecule has 0 aromatic carbocycles. The maximum atomic E-state index is 12.7. The average molecular weight is 278 g/mol. The minimum absolute atomic E-state index is 0.0990. The van der Waals surface area contributed by atoms with E-state index in [1.165, 1.54) is 0 Å². The summed E-state index contributed by atoms with van der Waals surface area (Å²) < 4.78 is 1.97. The van der Waals surface area contributed by atoms with E-state index in [1.807, 2.05) is 15.7 Å². The lowest BCUT2D eigenvalue weighted by atomic mass is 10.0. The Bertz CT molecular complexity index is 478. The van der Waals surface area contributed by atoms with Crippen LogP contribution in [0.1, 0.15) is 43.2 Å². The fourth-order valence-electron chi connectivity index (χ4n) is 2.82. The van der Waals surface area contributed by atoms with E-state index in [0.29, 0.717) is 17.4 Å². The number of piperidine rings is 1. The van der Waals surface area contributed by atoms with Crippen molar-refractivity contribution < 1.29 is 4.79 Å². The molecule has 1 aliphatic rings. The van der Waals surface area contributed by atoms with Crippen molar-refractivity contribution in [2.24, 2.45) is 0 Å². The van der Waals surface area contributed by atoms with E-state index in [2.05, 4.69) is 32.8 Å². The van der Waals surface area contributed by atoms with E-state index in [9.17, 15) is 4.79 Å². The Kier molecular flexibility index (Phi) is 4.38. The van der Waals surface area contributed by atoms with Crippen molar-refractivity contribution in [2.45, 2.75) is 38.8 Å². The maximum absolute atomic E-state index is 12.7. The summed E-state index contributed by atoms with van der Waals surface area (Å²) >= 11 is 0. The van der Waals surface area contributed by atoms with Crippen molar-refractivity contribution in [2.75, 3.05) is 32.9 Å². The minimum atomic E-state index is 0.0990. The van der Waals surface area contributed by atoms with Crippen molar-refractivity contribution >= 4 is 11.6 Å². The Morgan fingerprint density at radius 3 is 2.75 bits per heavy atom. The standard InChI is InChI=1S/C15H26N4O/c1-11(2)19-9-12(16)8-14(19)15(20)18-7-5-6-13(10-18)17(3)4/h8-9,11,13H,5-7,10,16H2,1-4H3. The molecule has 1 saturated heterocycles. The first-order valence-corrected chi connectivity index (χ1v) is 7.33. The first-order chi connectivity index (χ1) is 9.40. The summed E-state index contributed by atoms with van der Waals surface area (Å²) in [5.41, 5.74) is 7.22. The third-order valence-electron chi connectivity index (χ3n) is 4.06. The van der Waals surface area contributed by atoms with Crippen LogP contribution in [-0.2, 0) is 0 Å². The average Bonchev–Trinajstić information content (AvgIpc) is 2.80. The summed E-state index contributed by atoms with van der Waals surface area (Å²) in [6, 6.07) is 2.48. The molecular weight excluding hydrogens is 252 g/mol. The van der Waals surface area contributed by atoms with Crippen molar-refractivity contribution in [3.05, 3.63) is 18.0 Å². The molecule has 0 bridgehead atoms. The molecule has 1 aromatic heterocycles. The molecule has 1 amide bonds. The first-order valence-electron chi connectivity index (χ1n) is 7.33. The second kappa shape index (κ2) is 5.87. The largest absolute Gasteiger partial charge is 0.397 e. The number of hydrogen-bond acceptors (Lipinski definition) is 3. The highest BCUT2D eigenvalue weighted by molar-refractivity contribution is 5.94. The fraction of sp³-hybridized carbons (Fsp3) is 0.667. The van der Waals surface area contributed by atoms with Gasteiger partial charge in [0.15, 0.2) is 0 Å². The van der Waals surface area contributed by atoms with Gasteiger partial charge in [-0.15, -0.1) is 0 Å². The molecule has 0 spiro atoms. The number of nitrogens with zero attached hydrogens (tertiary/aromatic N) is 3. The summed E-state index contributed by atoms with van der Waals surface area (Å²) in [4.78, 5) is 16.9. The van der Waals surface area contributed by atoms with E-state index in [0.717, 1.165) is 25.9 Å². The molecule has 5 heteroatoms. The number of aromatic nitrogens is 1. The Labute approximate surface area is 121 Å². The van der Waals surface area contributed by atoms with Gasteiger partial charge in [0.25, 0.3) is 5.91 Å². The molecule has 1 aliphatic heterocycles. The number of carbonyl (C=O) groups is 1. The molecule has 1 atom stereocenters. The Balaban J connectivity index is 2.19. The van der Waals surface area contributed by atoms with E-state index < -0.39 is 0 Å². The lowest BCUT2D eigenvalue weighted by Gasteiger charge is -2.36. The van der Waals surface area contributed by atoms with Crippen LogP contribution in [-0.4, -0.2) is 53.5 Å². The second-order valence-corrected chi connectivity index (χ2v) is 6.17. The zero-order chi connectivity index (χ0) is 14.9. The zero-order valence-corrected chi connectivity index (χ0v) is 13.0. The Morgan fingerprint density at radius 1 is 1.45 bits per heavy atom. The molecular formula is C15H26N4O. The van der Waals surface area contributed by atoms with Crippen LogP contribution < -0.4 is 5.73 Å². The van der Waals surface area contributed by atoms with Crippen molar-refractivity contribution in [1.82, 2.24) is 14.4 Å². The van der Waals surface area contributed by atoms with Gasteiger partial charge in [-0.2, -0.15) is 0 Å². The number of hydrogen-bond donors (Lipinski definition) is 1. The molecule has 0 aliphatic carbocycles. The predicted molar refractivity (Wildman–Crippen MR) is 81.8 cm³/mol. The lowest BCUT2D eigenvalue weighted by molar-refractivity contribution is 0.0623. The number of likely N-dealkylation sites (N-methyl/N-ethyl adjacent to an activating group) is 1. The van der Waals surface area contributed by atoms with E-state index in [-0.39, 0.29) is 11.9 Å². The van der Waals surface area contributed by atoms with Crippen LogP contribution in [0.3, 0.4) is 0 Å². The number of nitrogens with two attached hydrogens (primary N) is 1. The molecule has 1 unspecified atom stereocenters. The minimum Gasteiger partial charge on any atom is -0.397 e. The van der Waals surface area contributed by atoms with Gasteiger partial charge in [0.1, 0.15) is 5.69 Å². The number of anilines is 1. The predicted octanol–water partition coefficient (Wildman–Crippen LogP) is 1.82. The fourth-order valence-corrected chi connectivity index (χ4v) is 2.82. The highest BCUT2D eigenvalue weighted by Gasteiger charge is 2.27. The van der Waals surface area contributed by atoms with Crippen LogP contribution in [0.2, 0.25) is 0 Å². The van der Waals surface area contributed by atoms with Gasteiger partial charge in [-0.25, -0.2) is 0 Å². The third-order valence-corrected chi connectivity index (χ3v) is 4.06. The Hall–Kier alpha value is -1.49. The van der Waals surface area contributed by atoms with Gasteiger partial charge < -0.3 is 20.1 Å². The normalized spacial score (nSPS) is 19.9. The van der Waals surface area contributed by atoms with E-state index in [4.69, 9.17) is 5.73 Å². The SMILES string of the molecule is CC(C)n1cc(N)cc1C(=O)N1CCCC(N(C)C)C1. The maximum Gasteiger partial charge on any atom is 0.270 e. The van der Waals surface area contributed by atoms with E-state index in [1.54, 1.807) is 6.07 Å². The highest BCUT2D eigenvalue weighted by Crippen LogP contribution is 2.21. The first kappa shape index (κ1) is 14.9. The van der Waals surface area contributed by atoms with Gasteiger partial charge in [-0.1, -0.05) is 0 Å². The number of likely N-dealkylation sites (tertiary alicyclic amines) is 1. The van der Waals surface area contributed by atoms with Gasteiger partial charge in [0.05, 0.1) is 5.69 Å². The number of rotatable bonds is 3. The quantitative estimate of drug-likeness (QED) is 0.917. The van der Waals surface area contributed by atoms with Gasteiger partial charge in [0.2, 0.25) is 0 Å². The van der Waals surface area contributed by atoms with Crippen LogP contribution >= 0.6 is 0 Å². The topological polar surface area (TPSA) is 54.5 Å². The molecule has 20 heavy (non-hydrogen) atoms. The van der Waals surface area contributed by atoms with Crippen LogP contribution in [0.4, 0.5) is 5.69 Å². The smallest absolute Gasteiger partial charge is 0.270 e. The molecule has 1 aromatic rings. The molecule has 0 saturated carbocycles. The summed E-state index contributed by atoms with van der Waals surface area (Å²) in [6.07, 6.45) is 4.07. The Morgan fingerprint density at radius 2 is 2.15 bits per heavy atom. The van der Waals surface area contributed by atoms with Gasteiger partial charge in [0, 0.05) is 31.4 Å². The van der Waals surface area contributed by atoms with Crippen molar-refractivity contribution in [3.63, 3.8) is 0 Å². The van der Waals surface area contributed by atoms with E-state index >= 15 is 0 Å². The summed E-state index contributed by atoms with van der Waals surface area (Å²) in [5.74, 6) is 0.0990. The molecule has 0 radical (unpaired) electrons. The zero-order valence-electron chi connectivity index (χ0n) is 13.0. The summed E-state index contributed by atoms with van der Waals surface area (Å²) in [7, 11) is 4.15. The van der Waals surface area contributed by atoms with Crippen molar-refractivity contribution in [1.29, 1.82) is 0 Å². The molecule has 2 heterocycles. The monoisotopic (exact) mass is 278 g/mol. The second-order valence-electron chi connectivity index (χ2n) is 6.17. The molecule has 5 nitrogen and oxygen atoms in total. The number of amides is 1. The molecule has 2 rings (SSSR count). The van der Waals surface area contributed by atoms with Crippen LogP contribution in [0.25, 0.3) is 0 Å². The number of carbonyl (C=O) groups excluding carboxylic acids is 1. The van der Waals surface area contributed by atoms with Gasteiger partial charge in [-0.05, 0) is 46.9 Å². The molecule has 1 fully saturated rings. The van der Waals surface area contributed by atoms with Crippen LogP contribution in [0.15, 0.2) is 12.3 Å². The number of nitrogen functional groups attached to an aromatic ring is 1.